The second-order valence-corrected chi connectivity index (χ2v) is 3.29. The van der Waals surface area contributed by atoms with Crippen molar-refractivity contribution in [3.8, 4) is 0 Å². The maximum atomic E-state index is 13.1. The van der Waals surface area contributed by atoms with Crippen LogP contribution in [0.3, 0.4) is 0 Å². The van der Waals surface area contributed by atoms with Crippen LogP contribution in [0.25, 0.3) is 0 Å². The molecule has 0 radical (unpaired) electrons. The van der Waals surface area contributed by atoms with E-state index in [0.717, 1.165) is 6.42 Å². The van der Waals surface area contributed by atoms with Gasteiger partial charge in [-0.15, -0.1) is 0 Å². The molecule has 1 aliphatic rings. The Labute approximate surface area is 66.4 Å². The first-order valence-electron chi connectivity index (χ1n) is 4.13. The quantitative estimate of drug-likeness (QED) is 0.534. The predicted molar refractivity (Wildman–Crippen MR) is 40.8 cm³/mol. The Hall–Kier alpha value is -0.180. The highest BCUT2D eigenvalue weighted by atomic mass is 19.1. The van der Waals surface area contributed by atoms with Crippen LogP contribution in [0.4, 0.5) is 8.78 Å². The lowest BCUT2D eigenvalue weighted by atomic mass is 9.92. The number of hydrogen-bond donors (Lipinski definition) is 0. The Balaban J connectivity index is 2.48. The van der Waals surface area contributed by atoms with Crippen molar-refractivity contribution in [2.24, 2.45) is 5.92 Å². The molecule has 3 unspecified atom stereocenters. The van der Waals surface area contributed by atoms with Gasteiger partial charge in [-0.2, -0.15) is 0 Å². The van der Waals surface area contributed by atoms with Crippen LogP contribution in [0.1, 0.15) is 19.8 Å². The molecule has 1 nitrogen and oxygen atoms in total. The van der Waals surface area contributed by atoms with E-state index in [1.165, 1.54) is 4.90 Å². The predicted octanol–water partition coefficient (Wildman–Crippen LogP) is 1.98. The lowest BCUT2D eigenvalue weighted by molar-refractivity contribution is -0.00754. The molecule has 0 bridgehead atoms. The largest absolute Gasteiger partial charge is 0.274 e. The zero-order valence-corrected chi connectivity index (χ0v) is 7.06. The van der Waals surface area contributed by atoms with E-state index < -0.39 is 12.5 Å². The molecular weight excluding hydrogens is 148 g/mol. The average Bonchev–Trinajstić information content (AvgIpc) is 1.97. The molecule has 0 spiro atoms. The summed E-state index contributed by atoms with van der Waals surface area (Å²) in [6.45, 7) is 2.16. The fraction of sp³-hybridized carbons (Fsp3) is 1.00. The highest BCUT2D eigenvalue weighted by Crippen LogP contribution is 2.27. The van der Waals surface area contributed by atoms with Gasteiger partial charge in [-0.3, -0.25) is 4.90 Å². The van der Waals surface area contributed by atoms with Gasteiger partial charge >= 0.3 is 0 Å². The van der Waals surface area contributed by atoms with Crippen LogP contribution in [0.2, 0.25) is 0 Å². The van der Waals surface area contributed by atoms with Crippen LogP contribution in [0.5, 0.6) is 0 Å². The third-order valence-electron chi connectivity index (χ3n) is 2.47. The van der Waals surface area contributed by atoms with Gasteiger partial charge in [-0.1, -0.05) is 13.3 Å². The van der Waals surface area contributed by atoms with E-state index in [-0.39, 0.29) is 12.5 Å². The number of rotatable bonds is 1. The molecule has 66 valence electrons. The van der Waals surface area contributed by atoms with E-state index in [9.17, 15) is 8.78 Å². The lowest BCUT2D eigenvalue weighted by Crippen LogP contribution is -2.43. The summed E-state index contributed by atoms with van der Waals surface area (Å²) in [5.41, 5.74) is 0. The molecule has 3 heteroatoms. The summed E-state index contributed by atoms with van der Waals surface area (Å²) in [5, 5.41) is 0. The van der Waals surface area contributed by atoms with Gasteiger partial charge in [0, 0.05) is 6.54 Å². The summed E-state index contributed by atoms with van der Waals surface area (Å²) < 4.78 is 26.0. The van der Waals surface area contributed by atoms with Crippen molar-refractivity contribution < 1.29 is 8.78 Å². The summed E-state index contributed by atoms with van der Waals surface area (Å²) in [5.74, 6) is -0.0683. The van der Waals surface area contributed by atoms with E-state index in [1.54, 1.807) is 7.05 Å². The normalized spacial score (nSPS) is 40.9. The minimum absolute atomic E-state index is 0.0683. The highest BCUT2D eigenvalue weighted by Gasteiger charge is 2.32. The Morgan fingerprint density at radius 1 is 1.45 bits per heavy atom. The molecule has 1 fully saturated rings. The third kappa shape index (κ3) is 1.89. The second-order valence-electron chi connectivity index (χ2n) is 3.29. The number of piperidine rings is 1. The Kier molecular flexibility index (Phi) is 2.82. The minimum Gasteiger partial charge on any atom is -0.274 e. The van der Waals surface area contributed by atoms with Gasteiger partial charge in [-0.05, 0) is 19.4 Å². The van der Waals surface area contributed by atoms with Crippen molar-refractivity contribution in [1.82, 2.24) is 4.90 Å². The van der Waals surface area contributed by atoms with Gasteiger partial charge in [0.25, 0.3) is 0 Å². The second kappa shape index (κ2) is 3.48. The van der Waals surface area contributed by atoms with Crippen molar-refractivity contribution in [2.45, 2.75) is 32.2 Å². The van der Waals surface area contributed by atoms with E-state index >= 15 is 0 Å². The maximum Gasteiger partial charge on any atom is 0.153 e. The van der Waals surface area contributed by atoms with Gasteiger partial charge in [0.1, 0.15) is 6.17 Å². The van der Waals surface area contributed by atoms with Gasteiger partial charge in [-0.25, -0.2) is 8.78 Å². The molecule has 0 N–H and O–H groups in total. The molecule has 1 heterocycles. The highest BCUT2D eigenvalue weighted by molar-refractivity contribution is 4.80. The van der Waals surface area contributed by atoms with Crippen molar-refractivity contribution in [1.29, 1.82) is 0 Å². The van der Waals surface area contributed by atoms with E-state index in [1.807, 2.05) is 6.92 Å². The topological polar surface area (TPSA) is 3.24 Å². The van der Waals surface area contributed by atoms with Gasteiger partial charge in [0.15, 0.2) is 6.30 Å². The fourth-order valence-electron chi connectivity index (χ4n) is 1.54. The summed E-state index contributed by atoms with van der Waals surface area (Å²) in [4.78, 5) is 1.44. The van der Waals surface area contributed by atoms with Crippen LogP contribution < -0.4 is 0 Å². The summed E-state index contributed by atoms with van der Waals surface area (Å²) in [6.07, 6.45) is -0.673. The van der Waals surface area contributed by atoms with Gasteiger partial charge in [0.05, 0.1) is 0 Å². The summed E-state index contributed by atoms with van der Waals surface area (Å²) in [7, 11) is 1.63. The minimum atomic E-state index is -0.938. The Morgan fingerprint density at radius 3 is 2.64 bits per heavy atom. The Bertz CT molecular complexity index is 129. The lowest BCUT2D eigenvalue weighted by Gasteiger charge is -2.34. The zero-order chi connectivity index (χ0) is 8.43. The van der Waals surface area contributed by atoms with Crippen LogP contribution >= 0.6 is 0 Å². The van der Waals surface area contributed by atoms with E-state index in [4.69, 9.17) is 0 Å². The van der Waals surface area contributed by atoms with Gasteiger partial charge < -0.3 is 0 Å². The van der Waals surface area contributed by atoms with Crippen LogP contribution in [-0.2, 0) is 0 Å². The zero-order valence-electron chi connectivity index (χ0n) is 7.06. The molecular formula is C8H15F2N. The third-order valence-corrected chi connectivity index (χ3v) is 2.47. The molecule has 1 rings (SSSR count). The molecule has 0 aliphatic carbocycles. The van der Waals surface area contributed by atoms with E-state index in [2.05, 4.69) is 0 Å². The monoisotopic (exact) mass is 163 g/mol. The molecule has 0 aromatic heterocycles. The van der Waals surface area contributed by atoms with Crippen LogP contribution in [0.15, 0.2) is 0 Å². The summed E-state index contributed by atoms with van der Waals surface area (Å²) in [6, 6.07) is 0. The van der Waals surface area contributed by atoms with Crippen molar-refractivity contribution >= 4 is 0 Å². The Morgan fingerprint density at radius 2 is 2.09 bits per heavy atom. The number of halogens is 2. The summed E-state index contributed by atoms with van der Waals surface area (Å²) >= 11 is 0. The molecule has 0 amide bonds. The first-order chi connectivity index (χ1) is 5.15. The number of alkyl halides is 2. The SMILES string of the molecule is CCC1CC(F)N(C)CC1F. The first-order valence-corrected chi connectivity index (χ1v) is 4.13. The van der Waals surface area contributed by atoms with E-state index in [0.29, 0.717) is 6.42 Å². The number of nitrogens with zero attached hydrogens (tertiary/aromatic N) is 1. The van der Waals surface area contributed by atoms with Crippen molar-refractivity contribution in [3.63, 3.8) is 0 Å². The maximum absolute atomic E-state index is 13.1. The number of hydrogen-bond acceptors (Lipinski definition) is 1. The van der Waals surface area contributed by atoms with Crippen molar-refractivity contribution in [3.05, 3.63) is 0 Å². The fourth-order valence-corrected chi connectivity index (χ4v) is 1.54. The molecule has 1 aliphatic heterocycles. The molecule has 0 aromatic rings. The molecule has 1 saturated heterocycles. The van der Waals surface area contributed by atoms with Crippen LogP contribution in [0, 0.1) is 5.92 Å². The smallest absolute Gasteiger partial charge is 0.153 e. The van der Waals surface area contributed by atoms with Crippen molar-refractivity contribution in [2.75, 3.05) is 13.6 Å². The molecule has 0 saturated carbocycles. The number of likely N-dealkylation sites (tertiary alicyclic amines) is 1. The molecule has 0 aromatic carbocycles. The van der Waals surface area contributed by atoms with Crippen LogP contribution in [-0.4, -0.2) is 31.0 Å². The average molecular weight is 163 g/mol. The molecule has 11 heavy (non-hydrogen) atoms. The first kappa shape index (κ1) is 8.91. The standard InChI is InChI=1S/C8H15F2N/c1-3-6-4-8(10)11(2)5-7(6)9/h6-8H,3-5H2,1-2H3. The van der Waals surface area contributed by atoms with Gasteiger partial charge in [0.2, 0.25) is 0 Å². The molecule has 3 atom stereocenters.